The lowest BCUT2D eigenvalue weighted by Crippen LogP contribution is -2.32. The molecule has 2 rings (SSSR count). The van der Waals surface area contributed by atoms with Crippen molar-refractivity contribution in [1.29, 1.82) is 0 Å². The largest absolute Gasteiger partial charge is 0.326 e. The normalized spacial score (nSPS) is 11.9. The first kappa shape index (κ1) is 11.3. The third-order valence-electron chi connectivity index (χ3n) is 2.28. The maximum Gasteiger partial charge on any atom is 0.191 e. The lowest BCUT2D eigenvalue weighted by molar-refractivity contribution is 0.471. The van der Waals surface area contributed by atoms with Gasteiger partial charge in [0.2, 0.25) is 0 Å². The van der Waals surface area contributed by atoms with E-state index in [9.17, 15) is 0 Å². The van der Waals surface area contributed by atoms with Crippen LogP contribution in [-0.2, 0) is 6.42 Å². The van der Waals surface area contributed by atoms with E-state index in [-0.39, 0.29) is 5.54 Å². The number of rotatable bonds is 4. The summed E-state index contributed by atoms with van der Waals surface area (Å²) in [6.07, 6.45) is 1.73. The van der Waals surface area contributed by atoms with Crippen molar-refractivity contribution in [1.82, 2.24) is 15.2 Å². The van der Waals surface area contributed by atoms with E-state index in [1.807, 2.05) is 31.4 Å². The number of nitrogens with two attached hydrogens (primary N) is 1. The molecule has 0 fully saturated rings. The first-order chi connectivity index (χ1) is 7.54. The molecule has 2 heterocycles. The Morgan fingerprint density at radius 2 is 2.31 bits per heavy atom. The third-order valence-corrected chi connectivity index (χ3v) is 3.15. The van der Waals surface area contributed by atoms with E-state index in [2.05, 4.69) is 15.2 Å². The van der Waals surface area contributed by atoms with Gasteiger partial charge in [0, 0.05) is 12.0 Å². The minimum absolute atomic E-state index is 0.157. The van der Waals surface area contributed by atoms with Crippen molar-refractivity contribution in [2.45, 2.75) is 32.2 Å². The van der Waals surface area contributed by atoms with Crippen LogP contribution in [0.15, 0.2) is 17.5 Å². The molecule has 0 aliphatic heterocycles. The molecule has 3 N–H and O–H groups in total. The molecule has 2 aromatic rings. The van der Waals surface area contributed by atoms with Crippen molar-refractivity contribution < 1.29 is 0 Å². The van der Waals surface area contributed by atoms with Gasteiger partial charge in [-0.15, -0.1) is 11.3 Å². The molecule has 86 valence electrons. The number of H-pyrrole nitrogens is 1. The zero-order valence-corrected chi connectivity index (χ0v) is 10.3. The summed E-state index contributed by atoms with van der Waals surface area (Å²) in [5.74, 6) is 1.68. The Balaban J connectivity index is 2.03. The van der Waals surface area contributed by atoms with E-state index in [1.165, 1.54) is 0 Å². The van der Waals surface area contributed by atoms with E-state index < -0.39 is 0 Å². The molecule has 0 aliphatic rings. The molecule has 5 heteroatoms. The minimum atomic E-state index is -0.157. The molecule has 0 spiro atoms. The Morgan fingerprint density at radius 3 is 2.94 bits per heavy atom. The fraction of sp³-hybridized carbons (Fsp3) is 0.455. The average Bonchev–Trinajstić information content (AvgIpc) is 2.84. The van der Waals surface area contributed by atoms with Crippen LogP contribution in [0.4, 0.5) is 0 Å². The van der Waals surface area contributed by atoms with Crippen LogP contribution in [0.1, 0.15) is 26.1 Å². The number of nitrogens with one attached hydrogen (secondary N) is 1. The second-order valence-electron chi connectivity index (χ2n) is 4.57. The Labute approximate surface area is 98.9 Å². The van der Waals surface area contributed by atoms with Crippen molar-refractivity contribution in [2.75, 3.05) is 0 Å². The van der Waals surface area contributed by atoms with E-state index in [4.69, 9.17) is 5.73 Å². The van der Waals surface area contributed by atoms with Gasteiger partial charge in [-0.05, 0) is 31.7 Å². The zero-order chi connectivity index (χ0) is 11.6. The monoisotopic (exact) mass is 236 g/mol. The van der Waals surface area contributed by atoms with Gasteiger partial charge < -0.3 is 5.73 Å². The summed E-state index contributed by atoms with van der Waals surface area (Å²) < 4.78 is 0. The van der Waals surface area contributed by atoms with E-state index in [1.54, 1.807) is 11.3 Å². The third kappa shape index (κ3) is 2.90. The van der Waals surface area contributed by atoms with Gasteiger partial charge in [0.05, 0.1) is 4.88 Å². The Morgan fingerprint density at radius 1 is 1.50 bits per heavy atom. The summed E-state index contributed by atoms with van der Waals surface area (Å²) in [7, 11) is 0. The molecule has 16 heavy (non-hydrogen) atoms. The number of nitrogens with zero attached hydrogens (tertiary/aromatic N) is 2. The summed E-state index contributed by atoms with van der Waals surface area (Å²) in [4.78, 5) is 5.54. The topological polar surface area (TPSA) is 67.6 Å². The van der Waals surface area contributed by atoms with E-state index in [0.717, 1.165) is 29.4 Å². The Kier molecular flexibility index (Phi) is 3.07. The number of aromatic nitrogens is 3. The highest BCUT2D eigenvalue weighted by Crippen LogP contribution is 2.20. The van der Waals surface area contributed by atoms with Gasteiger partial charge in [-0.1, -0.05) is 6.07 Å². The Bertz CT molecular complexity index is 439. The molecule has 0 atom stereocenters. The highest BCUT2D eigenvalue weighted by Gasteiger charge is 2.13. The van der Waals surface area contributed by atoms with E-state index >= 15 is 0 Å². The van der Waals surface area contributed by atoms with Crippen LogP contribution < -0.4 is 5.73 Å². The Hall–Kier alpha value is -1.20. The molecule has 4 nitrogen and oxygen atoms in total. The van der Waals surface area contributed by atoms with Crippen LogP contribution in [0.25, 0.3) is 10.7 Å². The number of thiophene rings is 1. The number of hydrogen-bond donors (Lipinski definition) is 2. The first-order valence-corrected chi connectivity index (χ1v) is 6.17. The molecule has 0 bridgehead atoms. The molecular weight excluding hydrogens is 220 g/mol. The van der Waals surface area contributed by atoms with Gasteiger partial charge in [0.1, 0.15) is 5.82 Å². The van der Waals surface area contributed by atoms with Crippen LogP contribution in [0.2, 0.25) is 0 Å². The molecule has 0 radical (unpaired) electrons. The van der Waals surface area contributed by atoms with Crippen molar-refractivity contribution in [3.63, 3.8) is 0 Å². The van der Waals surface area contributed by atoms with Crippen molar-refractivity contribution in [3.05, 3.63) is 23.3 Å². The smallest absolute Gasteiger partial charge is 0.191 e. The summed E-state index contributed by atoms with van der Waals surface area (Å²) in [5, 5.41) is 9.17. The molecule has 0 saturated carbocycles. The fourth-order valence-electron chi connectivity index (χ4n) is 1.36. The average molecular weight is 236 g/mol. The summed E-state index contributed by atoms with van der Waals surface area (Å²) in [5.41, 5.74) is 5.77. The van der Waals surface area contributed by atoms with Gasteiger partial charge in [-0.25, -0.2) is 4.98 Å². The second-order valence-corrected chi connectivity index (χ2v) is 5.52. The lowest BCUT2D eigenvalue weighted by atomic mass is 10.0. The van der Waals surface area contributed by atoms with E-state index in [0.29, 0.717) is 0 Å². The zero-order valence-electron chi connectivity index (χ0n) is 9.53. The lowest BCUT2D eigenvalue weighted by Gasteiger charge is -2.16. The maximum absolute atomic E-state index is 5.92. The second kappa shape index (κ2) is 4.35. The maximum atomic E-state index is 5.92. The SMILES string of the molecule is CC(C)(N)CCc1nc(-c2cccs2)n[nH]1. The van der Waals surface area contributed by atoms with Crippen LogP contribution in [0.5, 0.6) is 0 Å². The van der Waals surface area contributed by atoms with Crippen molar-refractivity contribution in [2.24, 2.45) is 5.73 Å². The number of aromatic amines is 1. The van der Waals surface area contributed by atoms with Gasteiger partial charge in [-0.3, -0.25) is 5.10 Å². The van der Waals surface area contributed by atoms with Crippen LogP contribution in [0.3, 0.4) is 0 Å². The minimum Gasteiger partial charge on any atom is -0.326 e. The fourth-order valence-corrected chi connectivity index (χ4v) is 2.02. The van der Waals surface area contributed by atoms with Gasteiger partial charge in [0.25, 0.3) is 0 Å². The highest BCUT2D eigenvalue weighted by atomic mass is 32.1. The summed E-state index contributed by atoms with van der Waals surface area (Å²) in [6, 6.07) is 4.02. The first-order valence-electron chi connectivity index (χ1n) is 5.29. The summed E-state index contributed by atoms with van der Waals surface area (Å²) in [6.45, 7) is 4.03. The molecule has 0 amide bonds. The molecule has 0 saturated heterocycles. The van der Waals surface area contributed by atoms with Crippen molar-refractivity contribution in [3.8, 4) is 10.7 Å². The van der Waals surface area contributed by atoms with Gasteiger partial charge >= 0.3 is 0 Å². The summed E-state index contributed by atoms with van der Waals surface area (Å²) >= 11 is 1.64. The van der Waals surface area contributed by atoms with Crippen LogP contribution in [-0.4, -0.2) is 20.7 Å². The predicted octanol–water partition coefficient (Wildman–Crippen LogP) is 2.20. The number of hydrogen-bond acceptors (Lipinski definition) is 4. The number of aryl methyl sites for hydroxylation is 1. The quantitative estimate of drug-likeness (QED) is 0.855. The molecule has 0 aromatic carbocycles. The van der Waals surface area contributed by atoms with Gasteiger partial charge in [-0.2, -0.15) is 5.10 Å². The molecule has 2 aromatic heterocycles. The molecular formula is C11H16N4S. The van der Waals surface area contributed by atoms with Gasteiger partial charge in [0.15, 0.2) is 5.82 Å². The van der Waals surface area contributed by atoms with Crippen LogP contribution >= 0.6 is 11.3 Å². The standard InChI is InChI=1S/C11H16N4S/c1-11(2,12)6-5-9-13-10(15-14-9)8-4-3-7-16-8/h3-4,7H,5-6,12H2,1-2H3,(H,13,14,15). The van der Waals surface area contributed by atoms with Crippen LogP contribution in [0, 0.1) is 0 Å². The van der Waals surface area contributed by atoms with Crippen molar-refractivity contribution >= 4 is 11.3 Å². The highest BCUT2D eigenvalue weighted by molar-refractivity contribution is 7.13. The molecule has 0 unspecified atom stereocenters. The molecule has 0 aliphatic carbocycles. The predicted molar refractivity (Wildman–Crippen MR) is 66.3 cm³/mol.